The highest BCUT2D eigenvalue weighted by molar-refractivity contribution is 5.95. The maximum Gasteiger partial charge on any atom is 0.251 e. The monoisotopic (exact) mass is 426 g/mol. The summed E-state index contributed by atoms with van der Waals surface area (Å²) in [5.41, 5.74) is 3.30. The number of carbonyl (C=O) groups excluding carboxylic acids is 1. The van der Waals surface area contributed by atoms with Crippen molar-refractivity contribution < 1.29 is 9.18 Å². The van der Waals surface area contributed by atoms with Crippen LogP contribution >= 0.6 is 0 Å². The van der Waals surface area contributed by atoms with Gasteiger partial charge in [0.05, 0.1) is 0 Å². The number of amides is 1. The molecule has 0 fully saturated rings. The van der Waals surface area contributed by atoms with Gasteiger partial charge in [0.25, 0.3) is 5.91 Å². The average molecular weight is 426 g/mol. The summed E-state index contributed by atoms with van der Waals surface area (Å²) < 4.78 is 13.2. The van der Waals surface area contributed by atoms with Crippen LogP contribution in [-0.2, 0) is 6.42 Å². The molecule has 0 aliphatic carbocycles. The molecule has 0 saturated carbocycles. The van der Waals surface area contributed by atoms with Crippen molar-refractivity contribution in [3.63, 3.8) is 0 Å². The molecule has 0 saturated heterocycles. The Labute approximate surface area is 186 Å². The molecule has 1 heterocycles. The van der Waals surface area contributed by atoms with Gasteiger partial charge in [-0.2, -0.15) is 0 Å². The largest absolute Gasteiger partial charge is 0.352 e. The van der Waals surface area contributed by atoms with Crippen LogP contribution < -0.4 is 10.6 Å². The fraction of sp³-hybridized carbons (Fsp3) is 0.115. The minimum atomic E-state index is -0.307. The van der Waals surface area contributed by atoms with E-state index in [-0.39, 0.29) is 11.7 Å². The van der Waals surface area contributed by atoms with Crippen LogP contribution in [0.2, 0.25) is 0 Å². The standard InChI is InChI=1S/C26H23FN4O/c27-22-13-11-20(12-14-22)25-28-17-15-24(31-25)30-23-10-4-9-21(18-23)26(32)29-16-5-8-19-6-2-1-3-7-19/h1-4,6-7,9-15,17-18H,5,8,16H2,(H,29,32)(H,28,30,31). The molecule has 0 unspecified atom stereocenters. The van der Waals surface area contributed by atoms with Crippen LogP contribution in [-0.4, -0.2) is 22.4 Å². The van der Waals surface area contributed by atoms with Gasteiger partial charge in [-0.05, 0) is 66.9 Å². The van der Waals surface area contributed by atoms with Crippen LogP contribution in [0.3, 0.4) is 0 Å². The lowest BCUT2D eigenvalue weighted by Gasteiger charge is -2.10. The molecule has 4 rings (SSSR count). The van der Waals surface area contributed by atoms with E-state index < -0.39 is 0 Å². The topological polar surface area (TPSA) is 66.9 Å². The van der Waals surface area contributed by atoms with Gasteiger partial charge in [-0.15, -0.1) is 0 Å². The number of hydrogen-bond donors (Lipinski definition) is 2. The van der Waals surface area contributed by atoms with Gasteiger partial charge in [-0.1, -0.05) is 36.4 Å². The molecule has 160 valence electrons. The highest BCUT2D eigenvalue weighted by Gasteiger charge is 2.08. The molecule has 0 bridgehead atoms. The Morgan fingerprint density at radius 2 is 1.72 bits per heavy atom. The van der Waals surface area contributed by atoms with Gasteiger partial charge in [0.2, 0.25) is 0 Å². The first-order valence-corrected chi connectivity index (χ1v) is 10.5. The molecule has 2 N–H and O–H groups in total. The van der Waals surface area contributed by atoms with Gasteiger partial charge in [0.1, 0.15) is 11.6 Å². The minimum Gasteiger partial charge on any atom is -0.352 e. The van der Waals surface area contributed by atoms with E-state index in [0.717, 1.165) is 24.1 Å². The zero-order chi connectivity index (χ0) is 22.2. The SMILES string of the molecule is O=C(NCCCc1ccccc1)c1cccc(Nc2ccnc(-c3ccc(F)cc3)n2)c1. The molecule has 1 amide bonds. The number of benzene rings is 3. The predicted molar refractivity (Wildman–Crippen MR) is 124 cm³/mol. The fourth-order valence-electron chi connectivity index (χ4n) is 3.29. The normalized spacial score (nSPS) is 10.5. The lowest BCUT2D eigenvalue weighted by Crippen LogP contribution is -2.24. The summed E-state index contributed by atoms with van der Waals surface area (Å²) in [5.74, 6) is 0.650. The number of rotatable bonds is 8. The number of aryl methyl sites for hydroxylation is 1. The van der Waals surface area contributed by atoms with Crippen molar-refractivity contribution in [2.75, 3.05) is 11.9 Å². The summed E-state index contributed by atoms with van der Waals surface area (Å²) in [6.07, 6.45) is 3.44. The first kappa shape index (κ1) is 21.2. The molecule has 0 atom stereocenters. The van der Waals surface area contributed by atoms with E-state index in [4.69, 9.17) is 0 Å². The number of nitrogens with one attached hydrogen (secondary N) is 2. The average Bonchev–Trinajstić information content (AvgIpc) is 2.83. The van der Waals surface area contributed by atoms with E-state index in [1.54, 1.807) is 36.5 Å². The summed E-state index contributed by atoms with van der Waals surface area (Å²) in [7, 11) is 0. The van der Waals surface area contributed by atoms with E-state index in [1.165, 1.54) is 17.7 Å². The Morgan fingerprint density at radius 3 is 2.53 bits per heavy atom. The summed E-state index contributed by atoms with van der Waals surface area (Å²) >= 11 is 0. The first-order chi connectivity index (χ1) is 15.7. The fourth-order valence-corrected chi connectivity index (χ4v) is 3.29. The van der Waals surface area contributed by atoms with E-state index >= 15 is 0 Å². The Balaban J connectivity index is 1.36. The third kappa shape index (κ3) is 5.76. The molecule has 1 aromatic heterocycles. The number of aromatic nitrogens is 2. The Bertz CT molecular complexity index is 1180. The lowest BCUT2D eigenvalue weighted by atomic mass is 10.1. The van der Waals surface area contributed by atoms with Gasteiger partial charge in [-0.25, -0.2) is 14.4 Å². The van der Waals surface area contributed by atoms with Crippen molar-refractivity contribution in [3.8, 4) is 11.4 Å². The molecule has 4 aromatic rings. The van der Waals surface area contributed by atoms with E-state index in [0.29, 0.717) is 23.8 Å². The van der Waals surface area contributed by atoms with Crippen LogP contribution in [0.5, 0.6) is 0 Å². The minimum absolute atomic E-state index is 0.114. The van der Waals surface area contributed by atoms with Gasteiger partial charge in [0.15, 0.2) is 5.82 Å². The van der Waals surface area contributed by atoms with Crippen LogP contribution in [0, 0.1) is 5.82 Å². The van der Waals surface area contributed by atoms with Crippen LogP contribution in [0.1, 0.15) is 22.3 Å². The molecule has 5 nitrogen and oxygen atoms in total. The van der Waals surface area contributed by atoms with Crippen molar-refractivity contribution in [2.45, 2.75) is 12.8 Å². The van der Waals surface area contributed by atoms with E-state index in [1.807, 2.05) is 30.3 Å². The molecular weight excluding hydrogens is 403 g/mol. The van der Waals surface area contributed by atoms with Crippen LogP contribution in [0.4, 0.5) is 15.9 Å². The number of halogens is 1. The van der Waals surface area contributed by atoms with Crippen molar-refractivity contribution in [3.05, 3.63) is 108 Å². The molecule has 0 radical (unpaired) electrons. The summed E-state index contributed by atoms with van der Waals surface area (Å²) in [4.78, 5) is 21.3. The molecule has 32 heavy (non-hydrogen) atoms. The molecular formula is C26H23FN4O. The van der Waals surface area contributed by atoms with Gasteiger partial charge in [0, 0.05) is 29.6 Å². The number of carbonyl (C=O) groups is 1. The van der Waals surface area contributed by atoms with E-state index in [9.17, 15) is 9.18 Å². The number of anilines is 2. The summed E-state index contributed by atoms with van der Waals surface area (Å²) in [5, 5.41) is 6.18. The summed E-state index contributed by atoms with van der Waals surface area (Å²) in [6.45, 7) is 0.609. The maximum atomic E-state index is 13.2. The van der Waals surface area contributed by atoms with E-state index in [2.05, 4.69) is 32.7 Å². The highest BCUT2D eigenvalue weighted by atomic mass is 19.1. The van der Waals surface area contributed by atoms with Crippen molar-refractivity contribution in [1.29, 1.82) is 0 Å². The zero-order valence-electron chi connectivity index (χ0n) is 17.5. The quantitative estimate of drug-likeness (QED) is 0.371. The van der Waals surface area contributed by atoms with Crippen LogP contribution in [0.25, 0.3) is 11.4 Å². The summed E-state index contributed by atoms with van der Waals surface area (Å²) in [6, 6.07) is 25.2. The van der Waals surface area contributed by atoms with Crippen LogP contribution in [0.15, 0.2) is 91.1 Å². The molecule has 0 aliphatic rings. The van der Waals surface area contributed by atoms with Gasteiger partial charge in [-0.3, -0.25) is 4.79 Å². The molecule has 3 aromatic carbocycles. The van der Waals surface area contributed by atoms with Crippen molar-refractivity contribution in [1.82, 2.24) is 15.3 Å². The lowest BCUT2D eigenvalue weighted by molar-refractivity contribution is 0.0953. The van der Waals surface area contributed by atoms with Crippen molar-refractivity contribution in [2.24, 2.45) is 0 Å². The van der Waals surface area contributed by atoms with Crippen molar-refractivity contribution >= 4 is 17.4 Å². The number of hydrogen-bond acceptors (Lipinski definition) is 4. The Hall–Kier alpha value is -4.06. The molecule has 0 spiro atoms. The smallest absolute Gasteiger partial charge is 0.251 e. The second-order valence-electron chi connectivity index (χ2n) is 7.32. The highest BCUT2D eigenvalue weighted by Crippen LogP contribution is 2.20. The maximum absolute atomic E-state index is 13.2. The second kappa shape index (κ2) is 10.3. The predicted octanol–water partition coefficient (Wildman–Crippen LogP) is 5.39. The Morgan fingerprint density at radius 1 is 0.906 bits per heavy atom. The molecule has 6 heteroatoms. The third-order valence-electron chi connectivity index (χ3n) is 4.93. The van der Waals surface area contributed by atoms with Gasteiger partial charge >= 0.3 is 0 Å². The zero-order valence-corrected chi connectivity index (χ0v) is 17.5. The first-order valence-electron chi connectivity index (χ1n) is 10.5. The molecule has 0 aliphatic heterocycles. The Kier molecular flexibility index (Phi) is 6.82. The third-order valence-corrected chi connectivity index (χ3v) is 4.93. The second-order valence-corrected chi connectivity index (χ2v) is 7.32. The van der Waals surface area contributed by atoms with Gasteiger partial charge < -0.3 is 10.6 Å². The number of nitrogens with zero attached hydrogens (tertiary/aromatic N) is 2.